The van der Waals surface area contributed by atoms with Crippen molar-refractivity contribution in [1.29, 1.82) is 0 Å². The van der Waals surface area contributed by atoms with Crippen LogP contribution in [0, 0.1) is 3.57 Å². The fraction of sp³-hybridized carbons (Fsp3) is 0.667. The van der Waals surface area contributed by atoms with E-state index in [4.69, 9.17) is 0 Å². The summed E-state index contributed by atoms with van der Waals surface area (Å²) in [5, 5.41) is 0. The van der Waals surface area contributed by atoms with Gasteiger partial charge in [-0.3, -0.25) is 4.79 Å². The van der Waals surface area contributed by atoms with Crippen LogP contribution in [0.1, 0.15) is 99.5 Å². The molecule has 0 saturated heterocycles. The van der Waals surface area contributed by atoms with E-state index in [-0.39, 0.29) is 0 Å². The minimum Gasteiger partial charge on any atom is -0.298 e. The standard InChI is InChI=1S/C21H33IO/c1-3-5-7-9-11-13-18-16-21(22)19(15-20(18)17-23)14-12-10-8-6-4-2/h15-17H,3-14H2,1-2H3. The van der Waals surface area contributed by atoms with Gasteiger partial charge in [-0.25, -0.2) is 0 Å². The molecular weight excluding hydrogens is 395 g/mol. The topological polar surface area (TPSA) is 17.1 Å². The van der Waals surface area contributed by atoms with Crippen molar-refractivity contribution in [1.82, 2.24) is 0 Å². The molecule has 23 heavy (non-hydrogen) atoms. The molecule has 0 atom stereocenters. The number of carbonyl (C=O) groups excluding carboxylic acids is 1. The molecule has 0 aromatic heterocycles. The lowest BCUT2D eigenvalue weighted by Gasteiger charge is -2.11. The normalized spacial score (nSPS) is 10.9. The second-order valence-electron chi connectivity index (χ2n) is 6.59. The Kier molecular flexibility index (Phi) is 11.7. The zero-order chi connectivity index (χ0) is 16.9. The zero-order valence-corrected chi connectivity index (χ0v) is 17.2. The van der Waals surface area contributed by atoms with Crippen molar-refractivity contribution in [3.8, 4) is 0 Å². The lowest BCUT2D eigenvalue weighted by molar-refractivity contribution is 0.112. The van der Waals surface area contributed by atoms with E-state index in [0.717, 1.165) is 24.7 Å². The molecule has 1 aromatic carbocycles. The van der Waals surface area contributed by atoms with Crippen LogP contribution in [0.5, 0.6) is 0 Å². The number of benzene rings is 1. The number of aryl methyl sites for hydroxylation is 2. The molecule has 0 aliphatic heterocycles. The van der Waals surface area contributed by atoms with Crippen LogP contribution in [-0.4, -0.2) is 6.29 Å². The summed E-state index contributed by atoms with van der Waals surface area (Å²) in [4.78, 5) is 11.4. The van der Waals surface area contributed by atoms with Gasteiger partial charge in [0.2, 0.25) is 0 Å². The fourth-order valence-electron chi connectivity index (χ4n) is 3.03. The van der Waals surface area contributed by atoms with Crippen molar-refractivity contribution >= 4 is 28.9 Å². The van der Waals surface area contributed by atoms with Gasteiger partial charge >= 0.3 is 0 Å². The second kappa shape index (κ2) is 13.0. The van der Waals surface area contributed by atoms with E-state index in [0.29, 0.717) is 0 Å². The van der Waals surface area contributed by atoms with Gasteiger partial charge in [0, 0.05) is 9.13 Å². The van der Waals surface area contributed by atoms with Gasteiger partial charge < -0.3 is 0 Å². The Bertz CT molecular complexity index is 453. The summed E-state index contributed by atoms with van der Waals surface area (Å²) in [5.74, 6) is 0. The molecule has 0 spiro atoms. The Hall–Kier alpha value is -0.380. The van der Waals surface area contributed by atoms with Crippen LogP contribution in [0.15, 0.2) is 12.1 Å². The van der Waals surface area contributed by atoms with Crippen molar-refractivity contribution in [2.24, 2.45) is 0 Å². The molecule has 0 radical (unpaired) electrons. The van der Waals surface area contributed by atoms with E-state index >= 15 is 0 Å². The third-order valence-corrected chi connectivity index (χ3v) is 5.54. The van der Waals surface area contributed by atoms with Crippen LogP contribution in [0.4, 0.5) is 0 Å². The molecular formula is C21H33IO. The maximum atomic E-state index is 11.4. The first-order valence-corrected chi connectivity index (χ1v) is 10.6. The Labute approximate surface area is 156 Å². The molecule has 0 bridgehead atoms. The average molecular weight is 428 g/mol. The first-order valence-electron chi connectivity index (χ1n) is 9.49. The second-order valence-corrected chi connectivity index (χ2v) is 7.75. The molecule has 0 fully saturated rings. The Morgan fingerprint density at radius 2 is 1.30 bits per heavy atom. The molecule has 0 aliphatic rings. The maximum absolute atomic E-state index is 11.4. The van der Waals surface area contributed by atoms with Crippen LogP contribution in [0.3, 0.4) is 0 Å². The molecule has 0 amide bonds. The van der Waals surface area contributed by atoms with Crippen molar-refractivity contribution in [2.45, 2.75) is 90.9 Å². The molecule has 0 aliphatic carbocycles. The number of unbranched alkanes of at least 4 members (excludes halogenated alkanes) is 8. The molecule has 1 nitrogen and oxygen atoms in total. The highest BCUT2D eigenvalue weighted by molar-refractivity contribution is 14.1. The molecule has 2 heteroatoms. The molecule has 0 saturated carbocycles. The van der Waals surface area contributed by atoms with Crippen molar-refractivity contribution in [3.63, 3.8) is 0 Å². The first kappa shape index (κ1) is 20.7. The van der Waals surface area contributed by atoms with Gasteiger partial charge in [0.15, 0.2) is 0 Å². The minimum atomic E-state index is 0.921. The Morgan fingerprint density at radius 1 is 0.783 bits per heavy atom. The summed E-state index contributed by atoms with van der Waals surface area (Å²) in [6, 6.07) is 4.40. The van der Waals surface area contributed by atoms with Gasteiger partial charge in [0.25, 0.3) is 0 Å². The zero-order valence-electron chi connectivity index (χ0n) is 15.0. The largest absolute Gasteiger partial charge is 0.298 e. The minimum absolute atomic E-state index is 0.921. The van der Waals surface area contributed by atoms with Crippen molar-refractivity contribution in [3.05, 3.63) is 32.4 Å². The summed E-state index contributed by atoms with van der Waals surface area (Å²) >= 11 is 2.45. The van der Waals surface area contributed by atoms with Crippen LogP contribution in [0.2, 0.25) is 0 Å². The maximum Gasteiger partial charge on any atom is 0.150 e. The van der Waals surface area contributed by atoms with Gasteiger partial charge in [-0.15, -0.1) is 0 Å². The van der Waals surface area contributed by atoms with Crippen LogP contribution >= 0.6 is 22.6 Å². The van der Waals surface area contributed by atoms with E-state index in [1.54, 1.807) is 0 Å². The van der Waals surface area contributed by atoms with E-state index in [1.165, 1.54) is 78.9 Å². The number of hydrogen-bond acceptors (Lipinski definition) is 1. The number of halogens is 1. The molecule has 1 rings (SSSR count). The van der Waals surface area contributed by atoms with E-state index in [2.05, 4.69) is 48.6 Å². The van der Waals surface area contributed by atoms with Crippen molar-refractivity contribution < 1.29 is 4.79 Å². The monoisotopic (exact) mass is 428 g/mol. The third kappa shape index (κ3) is 8.32. The van der Waals surface area contributed by atoms with E-state index in [1.807, 2.05) is 0 Å². The van der Waals surface area contributed by atoms with Gasteiger partial charge in [-0.05, 0) is 71.5 Å². The molecule has 0 N–H and O–H groups in total. The average Bonchev–Trinajstić information content (AvgIpc) is 2.56. The summed E-state index contributed by atoms with van der Waals surface area (Å²) in [6.07, 6.45) is 16.1. The molecule has 130 valence electrons. The summed E-state index contributed by atoms with van der Waals surface area (Å²) in [6.45, 7) is 4.49. The number of carbonyl (C=O) groups is 1. The highest BCUT2D eigenvalue weighted by Crippen LogP contribution is 2.22. The van der Waals surface area contributed by atoms with Gasteiger partial charge in [0.1, 0.15) is 6.29 Å². The van der Waals surface area contributed by atoms with E-state index in [9.17, 15) is 4.79 Å². The molecule has 0 heterocycles. The highest BCUT2D eigenvalue weighted by atomic mass is 127. The highest BCUT2D eigenvalue weighted by Gasteiger charge is 2.08. The molecule has 1 aromatic rings. The fourth-order valence-corrected chi connectivity index (χ4v) is 3.84. The van der Waals surface area contributed by atoms with Crippen LogP contribution in [0.25, 0.3) is 0 Å². The third-order valence-electron chi connectivity index (χ3n) is 4.53. The number of rotatable bonds is 13. The lowest BCUT2D eigenvalue weighted by atomic mass is 9.97. The number of hydrogen-bond donors (Lipinski definition) is 0. The van der Waals surface area contributed by atoms with Crippen molar-refractivity contribution in [2.75, 3.05) is 0 Å². The van der Waals surface area contributed by atoms with Gasteiger partial charge in [-0.2, -0.15) is 0 Å². The number of aldehydes is 1. The smallest absolute Gasteiger partial charge is 0.150 e. The first-order chi connectivity index (χ1) is 11.2. The van der Waals surface area contributed by atoms with Crippen LogP contribution in [-0.2, 0) is 12.8 Å². The Morgan fingerprint density at radius 3 is 1.83 bits per heavy atom. The predicted octanol–water partition coefficient (Wildman–Crippen LogP) is 7.13. The predicted molar refractivity (Wildman–Crippen MR) is 109 cm³/mol. The van der Waals surface area contributed by atoms with Gasteiger partial charge in [-0.1, -0.05) is 65.2 Å². The summed E-state index contributed by atoms with van der Waals surface area (Å²) in [7, 11) is 0. The summed E-state index contributed by atoms with van der Waals surface area (Å²) in [5.41, 5.74) is 3.53. The lowest BCUT2D eigenvalue weighted by Crippen LogP contribution is -1.99. The van der Waals surface area contributed by atoms with Gasteiger partial charge in [0.05, 0.1) is 0 Å². The summed E-state index contributed by atoms with van der Waals surface area (Å²) < 4.78 is 1.34. The van der Waals surface area contributed by atoms with Crippen LogP contribution < -0.4 is 0 Å². The SMILES string of the molecule is CCCCCCCc1cc(C=O)c(CCCCCCC)cc1I. The van der Waals surface area contributed by atoms with E-state index < -0.39 is 0 Å². The quantitative estimate of drug-likeness (QED) is 0.186. The molecule has 0 unspecified atom stereocenters. The Balaban J connectivity index is 2.54.